The molecule has 1 unspecified atom stereocenters. The van der Waals surface area contributed by atoms with Crippen LogP contribution in [0.25, 0.3) is 16.9 Å². The van der Waals surface area contributed by atoms with Crippen LogP contribution in [0.5, 0.6) is 0 Å². The summed E-state index contributed by atoms with van der Waals surface area (Å²) in [7, 11) is 2.02. The van der Waals surface area contributed by atoms with Gasteiger partial charge in [-0.3, -0.25) is 14.7 Å². The number of ether oxygens (including phenoxy) is 1. The highest BCUT2D eigenvalue weighted by molar-refractivity contribution is 5.93. The first-order valence-electron chi connectivity index (χ1n) is 10.0. The second-order valence-corrected chi connectivity index (χ2v) is 8.67. The zero-order valence-electron chi connectivity index (χ0n) is 17.3. The largest absolute Gasteiger partial charge is 0.758 e. The summed E-state index contributed by atoms with van der Waals surface area (Å²) in [5.41, 5.74) is 1.87. The van der Waals surface area contributed by atoms with Crippen LogP contribution in [-0.2, 0) is 4.74 Å². The van der Waals surface area contributed by atoms with Gasteiger partial charge >= 0.3 is 0 Å². The van der Waals surface area contributed by atoms with E-state index in [-0.39, 0.29) is 17.6 Å². The van der Waals surface area contributed by atoms with E-state index in [1.165, 1.54) is 10.9 Å². The molecule has 9 nitrogen and oxygen atoms in total. The van der Waals surface area contributed by atoms with Crippen LogP contribution in [0.3, 0.4) is 0 Å². The number of aromatic amines is 1. The lowest BCUT2D eigenvalue weighted by molar-refractivity contribution is -0.326. The number of carbonyl (C=O) groups is 1. The maximum atomic E-state index is 12.9. The van der Waals surface area contributed by atoms with E-state index in [1.54, 1.807) is 36.5 Å². The molecule has 0 saturated carbocycles. The monoisotopic (exact) mass is 544 g/mol. The van der Waals surface area contributed by atoms with E-state index in [0.717, 1.165) is 22.2 Å². The predicted molar refractivity (Wildman–Crippen MR) is 113 cm³/mol. The molecule has 4 rings (SSSR count). The molecule has 1 aromatic carbocycles. The van der Waals surface area contributed by atoms with Gasteiger partial charge in [-0.1, -0.05) is 12.1 Å². The Labute approximate surface area is 198 Å². The molecule has 1 aliphatic heterocycles. The summed E-state index contributed by atoms with van der Waals surface area (Å²) < 4.78 is 7.77. The summed E-state index contributed by atoms with van der Waals surface area (Å²) in [5.74, 6) is 0.131. The van der Waals surface area contributed by atoms with E-state index in [4.69, 9.17) is 10.00 Å². The SMILES string of the molecule is CN1CCOC(CNC(=O)c2ccc(-n3[nH]cc(-c4ccc(C#N)cc4[I-])c3=O)nc2)C1. The molecule has 1 radical (unpaired) electrons. The topological polar surface area (TPSA) is 116 Å². The second kappa shape index (κ2) is 9.64. The van der Waals surface area contributed by atoms with E-state index >= 15 is 0 Å². The lowest BCUT2D eigenvalue weighted by atomic mass is 10.1. The van der Waals surface area contributed by atoms with Crippen molar-refractivity contribution in [2.24, 2.45) is 0 Å². The van der Waals surface area contributed by atoms with Crippen LogP contribution in [0.1, 0.15) is 15.9 Å². The van der Waals surface area contributed by atoms with Gasteiger partial charge < -0.3 is 37.5 Å². The maximum absolute atomic E-state index is 12.9. The van der Waals surface area contributed by atoms with Crippen LogP contribution in [-0.4, -0.2) is 65.0 Å². The molecule has 1 fully saturated rings. The fraction of sp³-hybridized carbons (Fsp3) is 0.273. The Bertz CT molecular complexity index is 1230. The Morgan fingerprint density at radius 1 is 1.38 bits per heavy atom. The second-order valence-electron chi connectivity index (χ2n) is 7.50. The van der Waals surface area contributed by atoms with Crippen LogP contribution in [0.4, 0.5) is 0 Å². The van der Waals surface area contributed by atoms with Crippen LogP contribution >= 0.6 is 0 Å². The molecule has 3 heterocycles. The van der Waals surface area contributed by atoms with Crippen molar-refractivity contribution in [3.8, 4) is 23.0 Å². The molecule has 2 N–H and O–H groups in total. The minimum absolute atomic E-state index is 0.0362. The minimum atomic E-state index is -0.268. The van der Waals surface area contributed by atoms with Gasteiger partial charge in [-0.05, 0) is 30.8 Å². The van der Waals surface area contributed by atoms with Gasteiger partial charge in [-0.2, -0.15) is 8.83 Å². The fourth-order valence-corrected chi connectivity index (χ4v) is 4.29. The molecule has 1 aliphatic rings. The molecule has 165 valence electrons. The van der Waals surface area contributed by atoms with Gasteiger partial charge in [0.15, 0.2) is 5.82 Å². The number of rotatable bonds is 5. The van der Waals surface area contributed by atoms with E-state index in [9.17, 15) is 9.59 Å². The highest BCUT2D eigenvalue weighted by atomic mass is 127. The van der Waals surface area contributed by atoms with Gasteiger partial charge in [-0.15, -0.1) is 0 Å². The third-order valence-electron chi connectivity index (χ3n) is 5.23. The van der Waals surface area contributed by atoms with Crippen LogP contribution in [0, 0.1) is 14.9 Å². The summed E-state index contributed by atoms with van der Waals surface area (Å²) >= 11 is 2.11. The van der Waals surface area contributed by atoms with Crippen LogP contribution in [0.15, 0.2) is 47.5 Å². The normalized spacial score (nSPS) is 16.5. The first-order valence-corrected chi connectivity index (χ1v) is 11.1. The Morgan fingerprint density at radius 3 is 2.91 bits per heavy atom. The zero-order chi connectivity index (χ0) is 22.7. The number of carbonyl (C=O) groups excluding carboxylic acids is 1. The molecule has 0 aliphatic carbocycles. The smallest absolute Gasteiger partial charge is 0.280 e. The number of aromatic nitrogens is 3. The average molecular weight is 544 g/mol. The molecule has 1 saturated heterocycles. The molecule has 2 aromatic heterocycles. The van der Waals surface area contributed by atoms with Crippen molar-refractivity contribution in [2.45, 2.75) is 6.10 Å². The first-order chi connectivity index (χ1) is 15.5. The number of pyridine rings is 1. The Balaban J connectivity index is 1.47. The molecule has 10 heteroatoms. The van der Waals surface area contributed by atoms with Gasteiger partial charge in [0.25, 0.3) is 11.5 Å². The van der Waals surface area contributed by atoms with Crippen molar-refractivity contribution >= 4 is 5.91 Å². The molecule has 3 aromatic rings. The predicted octanol–water partition coefficient (Wildman–Crippen LogP) is -2.12. The number of nitrogens with one attached hydrogen (secondary N) is 2. The average Bonchev–Trinajstić information content (AvgIpc) is 3.18. The molecule has 32 heavy (non-hydrogen) atoms. The minimum Gasteiger partial charge on any atom is -0.758 e. The number of H-pyrrole nitrogens is 1. The molecular formula is C22H21IN6O3-. The third kappa shape index (κ3) is 4.74. The van der Waals surface area contributed by atoms with Crippen molar-refractivity contribution < 1.29 is 32.1 Å². The van der Waals surface area contributed by atoms with Gasteiger partial charge in [0.1, 0.15) is 0 Å². The Morgan fingerprint density at radius 2 is 2.22 bits per heavy atom. The molecule has 1 amide bonds. The summed E-state index contributed by atoms with van der Waals surface area (Å²) in [6, 6.07) is 10.5. The molecule has 0 bridgehead atoms. The highest BCUT2D eigenvalue weighted by Gasteiger charge is 2.19. The maximum Gasteiger partial charge on any atom is 0.280 e. The van der Waals surface area contributed by atoms with Crippen molar-refractivity contribution in [3.05, 3.63) is 67.8 Å². The number of hydrogen-bond acceptors (Lipinski definition) is 6. The molecule has 0 spiro atoms. The van der Waals surface area contributed by atoms with Crippen molar-refractivity contribution in [1.29, 1.82) is 5.26 Å². The lowest BCUT2D eigenvalue weighted by Gasteiger charge is -2.30. The van der Waals surface area contributed by atoms with Crippen molar-refractivity contribution in [1.82, 2.24) is 25.0 Å². The van der Waals surface area contributed by atoms with Gasteiger partial charge in [0.05, 0.1) is 35.5 Å². The summed E-state index contributed by atoms with van der Waals surface area (Å²) in [5, 5.41) is 14.8. The standard InChI is InChI=1S/C22H21IN6O3/c1-28-6-7-32-16(13-28)11-26-21(30)15-3-5-20(25-10-15)29-22(31)18(12-27-29)17-4-2-14(9-24)8-19(17)23/h2-5,8,10,12,16,27H,6-7,11,13H2,1H3,(H,26,30)/q-1. The van der Waals surface area contributed by atoms with Crippen LogP contribution < -0.4 is 33.5 Å². The van der Waals surface area contributed by atoms with Gasteiger partial charge in [-0.25, -0.2) is 9.67 Å². The quantitative estimate of drug-likeness (QED) is 0.355. The number of nitrogens with zero attached hydrogens (tertiary/aromatic N) is 4. The zero-order valence-corrected chi connectivity index (χ0v) is 19.5. The summed E-state index contributed by atoms with van der Waals surface area (Å²) in [4.78, 5) is 31.8. The van der Waals surface area contributed by atoms with Gasteiger partial charge in [0.2, 0.25) is 0 Å². The Kier molecular flexibility index (Phi) is 6.69. The first kappa shape index (κ1) is 22.2. The summed E-state index contributed by atoms with van der Waals surface area (Å²) in [6.45, 7) is 2.74. The number of amides is 1. The molecule has 1 atom stereocenters. The third-order valence-corrected chi connectivity index (χ3v) is 6.12. The fourth-order valence-electron chi connectivity index (χ4n) is 3.49. The van der Waals surface area contributed by atoms with E-state index in [2.05, 4.69) is 49.0 Å². The number of nitriles is 1. The number of morpholine rings is 1. The number of likely N-dealkylation sites (N-methyl/N-ethyl adjacent to an activating group) is 1. The number of halogens is 1. The van der Waals surface area contributed by atoms with E-state index < -0.39 is 0 Å². The van der Waals surface area contributed by atoms with Gasteiger partial charge in [0, 0.05) is 32.0 Å². The Hall–Kier alpha value is -3.01. The van der Waals surface area contributed by atoms with Crippen molar-refractivity contribution in [2.75, 3.05) is 33.3 Å². The van der Waals surface area contributed by atoms with Crippen molar-refractivity contribution in [3.63, 3.8) is 0 Å². The van der Waals surface area contributed by atoms with E-state index in [1.807, 2.05) is 7.05 Å². The van der Waals surface area contributed by atoms with Crippen LogP contribution in [0.2, 0.25) is 0 Å². The molecular weight excluding hydrogens is 523 g/mol. The summed E-state index contributed by atoms with van der Waals surface area (Å²) in [6.07, 6.45) is 3.01. The number of benzene rings is 1. The van der Waals surface area contributed by atoms with E-state index in [0.29, 0.717) is 35.7 Å². The lowest BCUT2D eigenvalue weighted by Crippen LogP contribution is -3.34. The number of hydrogen-bond donors (Lipinski definition) is 2. The highest BCUT2D eigenvalue weighted by Crippen LogP contribution is 2.16.